The number of nitrogens with zero attached hydrogens (tertiary/aromatic N) is 5. The van der Waals surface area contributed by atoms with Crippen LogP contribution in [-0.2, 0) is 10.5 Å². The zero-order valence-corrected chi connectivity index (χ0v) is 25.9. The van der Waals surface area contributed by atoms with Crippen molar-refractivity contribution < 1.29 is 9.53 Å². The molecule has 1 atom stereocenters. The number of pyridine rings is 1. The van der Waals surface area contributed by atoms with E-state index in [-0.39, 0.29) is 6.04 Å². The Morgan fingerprint density at radius 1 is 1.05 bits per heavy atom. The molecular formula is C32H28ClN6O2S2. The van der Waals surface area contributed by atoms with E-state index < -0.39 is 0 Å². The van der Waals surface area contributed by atoms with Crippen LogP contribution >= 0.6 is 34.7 Å². The van der Waals surface area contributed by atoms with Gasteiger partial charge in [0, 0.05) is 46.9 Å². The Bertz CT molecular complexity index is 1660. The summed E-state index contributed by atoms with van der Waals surface area (Å²) in [6.07, 6.45) is 3.94. The average molecular weight is 628 g/mol. The van der Waals surface area contributed by atoms with Crippen molar-refractivity contribution in [1.82, 2.24) is 15.3 Å². The minimum Gasteiger partial charge on any atom is -0.492 e. The number of halogens is 1. The number of thioether (sulfide) groups is 1. The molecule has 1 aliphatic heterocycles. The van der Waals surface area contributed by atoms with Gasteiger partial charge in [-0.1, -0.05) is 47.6 Å². The van der Waals surface area contributed by atoms with Gasteiger partial charge in [-0.05, 0) is 49.6 Å². The fourth-order valence-electron chi connectivity index (χ4n) is 4.76. The lowest BCUT2D eigenvalue weighted by Gasteiger charge is -2.22. The highest BCUT2D eigenvalue weighted by Gasteiger charge is 2.26. The van der Waals surface area contributed by atoms with E-state index in [0.29, 0.717) is 57.2 Å². The van der Waals surface area contributed by atoms with Gasteiger partial charge in [-0.15, -0.1) is 11.3 Å². The summed E-state index contributed by atoms with van der Waals surface area (Å²) in [5.41, 5.74) is 3.97. The molecule has 0 aliphatic carbocycles. The number of carbonyl (C=O) groups excluding carboxylic acids is 1. The van der Waals surface area contributed by atoms with Crippen molar-refractivity contribution in [2.45, 2.75) is 36.6 Å². The van der Waals surface area contributed by atoms with Gasteiger partial charge in [-0.2, -0.15) is 10.5 Å². The largest absolute Gasteiger partial charge is 0.492 e. The molecule has 0 saturated carbocycles. The third kappa shape index (κ3) is 7.35. The molecule has 1 radical (unpaired) electrons. The Morgan fingerprint density at radius 2 is 1.74 bits per heavy atom. The topological polar surface area (TPSA) is 115 Å². The molecule has 0 unspecified atom stereocenters. The second-order valence-corrected chi connectivity index (χ2v) is 12.1. The molecular weight excluding hydrogens is 600 g/mol. The maximum atomic E-state index is 10.7. The second kappa shape index (κ2) is 14.5. The van der Waals surface area contributed by atoms with Crippen LogP contribution in [0.15, 0.2) is 58.9 Å². The van der Waals surface area contributed by atoms with E-state index in [1.165, 1.54) is 11.8 Å². The zero-order valence-electron chi connectivity index (χ0n) is 23.5. The molecule has 217 valence electrons. The molecule has 2 aromatic heterocycles. The molecule has 0 bridgehead atoms. The van der Waals surface area contributed by atoms with Gasteiger partial charge in [0.1, 0.15) is 45.9 Å². The van der Waals surface area contributed by atoms with Crippen molar-refractivity contribution in [3.63, 3.8) is 0 Å². The molecule has 8 nitrogen and oxygen atoms in total. The van der Waals surface area contributed by atoms with Crippen LogP contribution in [0.5, 0.6) is 5.75 Å². The minimum absolute atomic E-state index is 0.357. The van der Waals surface area contributed by atoms with Gasteiger partial charge in [-0.25, -0.2) is 9.97 Å². The lowest BCUT2D eigenvalue weighted by molar-refractivity contribution is 0.312. The maximum absolute atomic E-state index is 10.7. The standard InChI is InChI=1S/C32H28ClN6O2S2/c1-21(18-40)36-12-15-41-26-10-6-22(7-11-26)29-27(16-34)30(39-13-2-3-14-39)38-32(28(29)17-35)43-20-25-19-42-31(37-25)23-4-8-24(33)9-5-23/h4-11,19,21,36H,2-3,12-15,20H2,1H3/t21-/m0/s1. The summed E-state index contributed by atoms with van der Waals surface area (Å²) in [7, 11) is 0. The predicted molar refractivity (Wildman–Crippen MR) is 171 cm³/mol. The van der Waals surface area contributed by atoms with Crippen LogP contribution < -0.4 is 15.0 Å². The van der Waals surface area contributed by atoms with E-state index in [1.54, 1.807) is 18.3 Å². The Kier molecular flexibility index (Phi) is 10.3. The van der Waals surface area contributed by atoms with Gasteiger partial charge in [-0.3, -0.25) is 4.79 Å². The van der Waals surface area contributed by atoms with Gasteiger partial charge in [0.15, 0.2) is 0 Å². The van der Waals surface area contributed by atoms with Crippen molar-refractivity contribution in [2.75, 3.05) is 31.1 Å². The number of anilines is 1. The molecule has 1 N–H and O–H groups in total. The van der Waals surface area contributed by atoms with Crippen LogP contribution in [0.3, 0.4) is 0 Å². The first kappa shape index (κ1) is 30.5. The van der Waals surface area contributed by atoms with Crippen LogP contribution in [-0.4, -0.2) is 48.5 Å². The number of nitrogens with one attached hydrogen (secondary N) is 1. The highest BCUT2D eigenvalue weighted by molar-refractivity contribution is 7.98. The number of ether oxygens (including phenoxy) is 1. The fourth-order valence-corrected chi connectivity index (χ4v) is 6.69. The molecule has 11 heteroatoms. The smallest absolute Gasteiger partial charge is 0.216 e. The third-order valence-corrected chi connectivity index (χ3v) is 9.12. The molecule has 3 heterocycles. The summed E-state index contributed by atoms with van der Waals surface area (Å²) in [5.74, 6) is 1.79. The molecule has 0 amide bonds. The van der Waals surface area contributed by atoms with E-state index in [4.69, 9.17) is 26.3 Å². The third-order valence-electron chi connectivity index (χ3n) is 6.91. The van der Waals surface area contributed by atoms with Crippen LogP contribution in [0.25, 0.3) is 21.7 Å². The summed E-state index contributed by atoms with van der Waals surface area (Å²) in [5, 5.41) is 27.8. The number of nitriles is 2. The van der Waals surface area contributed by atoms with Gasteiger partial charge in [0.2, 0.25) is 6.29 Å². The summed E-state index contributed by atoms with van der Waals surface area (Å²) in [6, 6.07) is 19.3. The van der Waals surface area contributed by atoms with Crippen LogP contribution in [0.2, 0.25) is 5.02 Å². The average Bonchev–Trinajstić information content (AvgIpc) is 3.75. The Hall–Kier alpha value is -3.93. The van der Waals surface area contributed by atoms with Crippen LogP contribution in [0.1, 0.15) is 36.6 Å². The lowest BCUT2D eigenvalue weighted by atomic mass is 9.96. The van der Waals surface area contributed by atoms with E-state index in [0.717, 1.165) is 47.8 Å². The van der Waals surface area contributed by atoms with Gasteiger partial charge >= 0.3 is 0 Å². The van der Waals surface area contributed by atoms with E-state index in [1.807, 2.05) is 60.2 Å². The molecule has 0 spiro atoms. The highest BCUT2D eigenvalue weighted by atomic mass is 35.5. The quantitative estimate of drug-likeness (QED) is 0.136. The minimum atomic E-state index is -0.357. The van der Waals surface area contributed by atoms with Crippen molar-refractivity contribution in [2.24, 2.45) is 0 Å². The monoisotopic (exact) mass is 627 g/mol. The number of thiazole rings is 1. The zero-order chi connectivity index (χ0) is 30.2. The number of hydrogen-bond acceptors (Lipinski definition) is 10. The second-order valence-electron chi connectivity index (χ2n) is 9.89. The first-order valence-electron chi connectivity index (χ1n) is 13.8. The van der Waals surface area contributed by atoms with E-state index in [9.17, 15) is 15.3 Å². The van der Waals surface area contributed by atoms with Crippen molar-refractivity contribution in [3.05, 3.63) is 75.8 Å². The maximum Gasteiger partial charge on any atom is 0.216 e. The number of rotatable bonds is 12. The van der Waals surface area contributed by atoms with Crippen molar-refractivity contribution >= 4 is 46.8 Å². The Labute approximate surface area is 264 Å². The normalized spacial score (nSPS) is 13.3. The van der Waals surface area contributed by atoms with Gasteiger partial charge < -0.3 is 15.0 Å². The molecule has 2 aromatic carbocycles. The molecule has 5 rings (SSSR count). The van der Waals surface area contributed by atoms with Crippen LogP contribution in [0.4, 0.5) is 5.82 Å². The summed E-state index contributed by atoms with van der Waals surface area (Å²) < 4.78 is 5.80. The molecule has 1 aliphatic rings. The number of hydrogen-bond donors (Lipinski definition) is 1. The molecule has 4 aromatic rings. The van der Waals surface area contributed by atoms with E-state index >= 15 is 0 Å². The first-order chi connectivity index (χ1) is 21.0. The summed E-state index contributed by atoms with van der Waals surface area (Å²) >= 11 is 9.05. The predicted octanol–water partition coefficient (Wildman–Crippen LogP) is 6.63. The summed E-state index contributed by atoms with van der Waals surface area (Å²) in [4.78, 5) is 22.5. The van der Waals surface area contributed by atoms with Crippen LogP contribution in [0, 0.1) is 22.7 Å². The SMILES string of the molecule is C[C@@H]([C]=O)NCCOc1ccc(-c2c(C#N)c(SCc3csc(-c4ccc(Cl)cc4)n3)nc(N3CCCC3)c2C#N)cc1. The highest BCUT2D eigenvalue weighted by Crippen LogP contribution is 2.40. The van der Waals surface area contributed by atoms with Crippen molar-refractivity contribution in [3.8, 4) is 39.6 Å². The number of benzene rings is 2. The molecule has 43 heavy (non-hydrogen) atoms. The molecule has 1 saturated heterocycles. The van der Waals surface area contributed by atoms with Crippen molar-refractivity contribution in [1.29, 1.82) is 10.5 Å². The van der Waals surface area contributed by atoms with Gasteiger partial charge in [0.25, 0.3) is 0 Å². The van der Waals surface area contributed by atoms with Gasteiger partial charge in [0.05, 0.1) is 17.3 Å². The van der Waals surface area contributed by atoms with E-state index in [2.05, 4.69) is 22.4 Å². The summed E-state index contributed by atoms with van der Waals surface area (Å²) in [6.45, 7) is 4.24. The fraction of sp³-hybridized carbons (Fsp3) is 0.281. The first-order valence-corrected chi connectivity index (χ1v) is 16.1. The number of aromatic nitrogens is 2. The molecule has 1 fully saturated rings. The Balaban J connectivity index is 1.43. The Morgan fingerprint density at radius 3 is 2.42 bits per heavy atom. The lowest BCUT2D eigenvalue weighted by Crippen LogP contribution is -2.31.